The predicted octanol–water partition coefficient (Wildman–Crippen LogP) is 3.01. The van der Waals surface area contributed by atoms with E-state index in [1.807, 2.05) is 11.8 Å². The number of hydrogen-bond acceptors (Lipinski definition) is 4. The van der Waals surface area contributed by atoms with Crippen molar-refractivity contribution >= 4 is 11.7 Å². The monoisotopic (exact) mass is 293 g/mol. The molecular formula is C16H23NO4. The third-order valence-electron chi connectivity index (χ3n) is 4.37. The highest BCUT2D eigenvalue weighted by molar-refractivity contribution is 5.80. The first-order valence-electron chi connectivity index (χ1n) is 7.47. The van der Waals surface area contributed by atoms with Gasteiger partial charge in [-0.1, -0.05) is 20.8 Å². The largest absolute Gasteiger partial charge is 0.508 e. The van der Waals surface area contributed by atoms with Crippen molar-refractivity contribution in [2.75, 3.05) is 11.4 Å². The average Bonchev–Trinajstić information content (AvgIpc) is 2.47. The summed E-state index contributed by atoms with van der Waals surface area (Å²) in [6.45, 7) is 6.47. The SMILES string of the molecule is CCC(C(=O)O)N1CC(CC)(CC)Oc2ccc(O)cc21. The van der Waals surface area contributed by atoms with E-state index in [0.717, 1.165) is 12.8 Å². The first-order chi connectivity index (χ1) is 9.96. The third kappa shape index (κ3) is 2.77. The van der Waals surface area contributed by atoms with Crippen LogP contribution in [0.4, 0.5) is 5.69 Å². The first kappa shape index (κ1) is 15.5. The summed E-state index contributed by atoms with van der Waals surface area (Å²) in [4.78, 5) is 13.4. The molecule has 5 nitrogen and oxygen atoms in total. The molecule has 1 unspecified atom stereocenters. The van der Waals surface area contributed by atoms with Crippen LogP contribution in [0, 0.1) is 0 Å². The van der Waals surface area contributed by atoms with Crippen molar-refractivity contribution in [2.45, 2.75) is 51.7 Å². The van der Waals surface area contributed by atoms with Gasteiger partial charge in [0.2, 0.25) is 0 Å². The zero-order chi connectivity index (χ0) is 15.6. The Morgan fingerprint density at radius 1 is 1.38 bits per heavy atom. The number of benzene rings is 1. The standard InChI is InChI=1S/C16H23NO4/c1-4-12(15(19)20)17-10-16(5-2,6-3)21-14-8-7-11(18)9-13(14)17/h7-9,12,18H,4-6,10H2,1-3H3,(H,19,20). The van der Waals surface area contributed by atoms with Gasteiger partial charge < -0.3 is 19.8 Å². The van der Waals surface area contributed by atoms with Gasteiger partial charge in [-0.2, -0.15) is 0 Å². The van der Waals surface area contributed by atoms with Gasteiger partial charge in [0.25, 0.3) is 0 Å². The second-order valence-electron chi connectivity index (χ2n) is 5.53. The fourth-order valence-electron chi connectivity index (χ4n) is 2.90. The normalized spacial score (nSPS) is 17.8. The maximum atomic E-state index is 11.6. The van der Waals surface area contributed by atoms with Crippen LogP contribution in [0.25, 0.3) is 0 Å². The van der Waals surface area contributed by atoms with E-state index in [1.54, 1.807) is 18.2 Å². The molecule has 0 fully saturated rings. The Kier molecular flexibility index (Phi) is 4.30. The van der Waals surface area contributed by atoms with Crippen LogP contribution in [0.15, 0.2) is 18.2 Å². The van der Waals surface area contributed by atoms with Crippen LogP contribution in [0.3, 0.4) is 0 Å². The molecule has 2 rings (SSSR count). The quantitative estimate of drug-likeness (QED) is 0.873. The maximum absolute atomic E-state index is 11.6. The zero-order valence-corrected chi connectivity index (χ0v) is 12.8. The Balaban J connectivity index is 2.52. The second-order valence-corrected chi connectivity index (χ2v) is 5.53. The molecule has 0 saturated carbocycles. The molecule has 1 heterocycles. The topological polar surface area (TPSA) is 70.0 Å². The van der Waals surface area contributed by atoms with Crippen LogP contribution in [-0.2, 0) is 4.79 Å². The Morgan fingerprint density at radius 2 is 2.05 bits per heavy atom. The summed E-state index contributed by atoms with van der Waals surface area (Å²) in [5, 5.41) is 19.2. The summed E-state index contributed by atoms with van der Waals surface area (Å²) in [6.07, 6.45) is 2.10. The van der Waals surface area contributed by atoms with Crippen LogP contribution in [0.2, 0.25) is 0 Å². The first-order valence-corrected chi connectivity index (χ1v) is 7.47. The molecule has 1 aromatic rings. The maximum Gasteiger partial charge on any atom is 0.326 e. The molecule has 5 heteroatoms. The van der Waals surface area contributed by atoms with Gasteiger partial charge in [0.15, 0.2) is 0 Å². The van der Waals surface area contributed by atoms with Crippen LogP contribution >= 0.6 is 0 Å². The van der Waals surface area contributed by atoms with Crippen molar-refractivity contribution in [3.63, 3.8) is 0 Å². The van der Waals surface area contributed by atoms with Crippen molar-refractivity contribution in [3.05, 3.63) is 18.2 Å². The molecular weight excluding hydrogens is 270 g/mol. The molecule has 0 aliphatic carbocycles. The highest BCUT2D eigenvalue weighted by Gasteiger charge is 2.41. The van der Waals surface area contributed by atoms with E-state index >= 15 is 0 Å². The number of aromatic hydroxyl groups is 1. The van der Waals surface area contributed by atoms with Crippen molar-refractivity contribution in [2.24, 2.45) is 0 Å². The predicted molar refractivity (Wildman–Crippen MR) is 81.1 cm³/mol. The molecule has 21 heavy (non-hydrogen) atoms. The number of phenolic OH excluding ortho intramolecular Hbond substituents is 1. The number of fused-ring (bicyclic) bond motifs is 1. The van der Waals surface area contributed by atoms with Crippen LogP contribution in [0.5, 0.6) is 11.5 Å². The number of hydrogen-bond donors (Lipinski definition) is 2. The summed E-state index contributed by atoms with van der Waals surface area (Å²) in [7, 11) is 0. The minimum Gasteiger partial charge on any atom is -0.508 e. The third-order valence-corrected chi connectivity index (χ3v) is 4.37. The molecule has 0 saturated heterocycles. The zero-order valence-electron chi connectivity index (χ0n) is 12.8. The van der Waals surface area contributed by atoms with Crippen LogP contribution in [-0.4, -0.2) is 34.4 Å². The van der Waals surface area contributed by atoms with Gasteiger partial charge in [0.1, 0.15) is 23.1 Å². The van der Waals surface area contributed by atoms with E-state index in [2.05, 4.69) is 13.8 Å². The second kappa shape index (κ2) is 5.84. The molecule has 2 N–H and O–H groups in total. The van der Waals surface area contributed by atoms with Crippen molar-refractivity contribution in [1.82, 2.24) is 0 Å². The number of carbonyl (C=O) groups is 1. The Hall–Kier alpha value is -1.91. The molecule has 1 aromatic carbocycles. The fourth-order valence-corrected chi connectivity index (χ4v) is 2.90. The summed E-state index contributed by atoms with van der Waals surface area (Å²) < 4.78 is 6.13. The minimum absolute atomic E-state index is 0.114. The van der Waals surface area contributed by atoms with Gasteiger partial charge in [0, 0.05) is 6.07 Å². The van der Waals surface area contributed by atoms with E-state index in [1.165, 1.54) is 0 Å². The van der Waals surface area contributed by atoms with Gasteiger partial charge >= 0.3 is 5.97 Å². The molecule has 0 spiro atoms. The number of rotatable bonds is 5. The molecule has 1 aliphatic heterocycles. The number of anilines is 1. The number of aliphatic carboxylic acids is 1. The van der Waals surface area contributed by atoms with Gasteiger partial charge in [-0.25, -0.2) is 4.79 Å². The Morgan fingerprint density at radius 3 is 2.57 bits per heavy atom. The molecule has 116 valence electrons. The van der Waals surface area contributed by atoms with Crippen molar-refractivity contribution in [3.8, 4) is 11.5 Å². The lowest BCUT2D eigenvalue weighted by Crippen LogP contribution is -2.55. The van der Waals surface area contributed by atoms with Crippen LogP contribution < -0.4 is 9.64 Å². The molecule has 0 bridgehead atoms. The number of ether oxygens (including phenoxy) is 1. The average molecular weight is 293 g/mol. The van der Waals surface area contributed by atoms with E-state index < -0.39 is 12.0 Å². The van der Waals surface area contributed by atoms with Crippen LogP contribution in [0.1, 0.15) is 40.0 Å². The summed E-state index contributed by atoms with van der Waals surface area (Å²) >= 11 is 0. The lowest BCUT2D eigenvalue weighted by atomic mass is 9.92. The molecule has 0 amide bonds. The number of nitrogens with zero attached hydrogens (tertiary/aromatic N) is 1. The van der Waals surface area contributed by atoms with E-state index in [4.69, 9.17) is 4.74 Å². The van der Waals surface area contributed by atoms with Gasteiger partial charge in [0.05, 0.1) is 12.2 Å². The highest BCUT2D eigenvalue weighted by Crippen LogP contribution is 2.42. The number of phenols is 1. The smallest absolute Gasteiger partial charge is 0.326 e. The number of carboxylic acid groups (broad SMARTS) is 1. The van der Waals surface area contributed by atoms with E-state index in [-0.39, 0.29) is 11.4 Å². The Labute approximate surface area is 125 Å². The van der Waals surface area contributed by atoms with Crippen molar-refractivity contribution < 1.29 is 19.7 Å². The molecule has 1 atom stereocenters. The number of carboxylic acids is 1. The van der Waals surface area contributed by atoms with Gasteiger partial charge in [-0.15, -0.1) is 0 Å². The molecule has 0 radical (unpaired) electrons. The highest BCUT2D eigenvalue weighted by atomic mass is 16.5. The molecule has 0 aromatic heterocycles. The fraction of sp³-hybridized carbons (Fsp3) is 0.562. The van der Waals surface area contributed by atoms with Crippen molar-refractivity contribution in [1.29, 1.82) is 0 Å². The van der Waals surface area contributed by atoms with Gasteiger partial charge in [-0.3, -0.25) is 0 Å². The lowest BCUT2D eigenvalue weighted by Gasteiger charge is -2.46. The Bertz CT molecular complexity index is 525. The minimum atomic E-state index is -0.852. The lowest BCUT2D eigenvalue weighted by molar-refractivity contribution is -0.139. The molecule has 1 aliphatic rings. The van der Waals surface area contributed by atoms with Gasteiger partial charge in [-0.05, 0) is 31.4 Å². The van der Waals surface area contributed by atoms with E-state index in [9.17, 15) is 15.0 Å². The van der Waals surface area contributed by atoms with E-state index in [0.29, 0.717) is 24.4 Å². The summed E-state index contributed by atoms with van der Waals surface area (Å²) in [6, 6.07) is 4.24. The summed E-state index contributed by atoms with van der Waals surface area (Å²) in [5.41, 5.74) is 0.272. The summed E-state index contributed by atoms with van der Waals surface area (Å²) in [5.74, 6) is -0.0969.